The van der Waals surface area contributed by atoms with Crippen molar-refractivity contribution < 1.29 is 9.53 Å². The highest BCUT2D eigenvalue weighted by atomic mass is 16.5. The predicted octanol–water partition coefficient (Wildman–Crippen LogP) is 2.60. The Morgan fingerprint density at radius 1 is 1.12 bits per heavy atom. The van der Waals surface area contributed by atoms with Gasteiger partial charge in [0, 0.05) is 12.5 Å². The summed E-state index contributed by atoms with van der Waals surface area (Å²) in [7, 11) is 1.68. The molecule has 0 aliphatic rings. The topological polar surface area (TPSA) is 38.3 Å². The Balaban J connectivity index is 4.79. The van der Waals surface area contributed by atoms with Crippen LogP contribution in [-0.4, -0.2) is 24.7 Å². The van der Waals surface area contributed by atoms with Crippen molar-refractivity contribution >= 4 is 5.91 Å². The second-order valence-electron chi connectivity index (χ2n) is 6.25. The van der Waals surface area contributed by atoms with Crippen LogP contribution >= 0.6 is 0 Å². The van der Waals surface area contributed by atoms with Crippen LogP contribution in [0.5, 0.6) is 0 Å². The van der Waals surface area contributed by atoms with Gasteiger partial charge in [0.15, 0.2) is 0 Å². The smallest absolute Gasteiger partial charge is 0.225 e. The summed E-state index contributed by atoms with van der Waals surface area (Å²) in [6.07, 6.45) is 0. The van der Waals surface area contributed by atoms with Gasteiger partial charge in [-0.1, -0.05) is 34.6 Å². The lowest BCUT2D eigenvalue weighted by atomic mass is 9.87. The van der Waals surface area contributed by atoms with Gasteiger partial charge in [0.1, 0.15) is 0 Å². The maximum absolute atomic E-state index is 12.0. The van der Waals surface area contributed by atoms with Gasteiger partial charge < -0.3 is 10.1 Å². The number of carbonyl (C=O) groups excluding carboxylic acids is 1. The van der Waals surface area contributed by atoms with E-state index in [4.69, 9.17) is 4.74 Å². The minimum absolute atomic E-state index is 0.0178. The number of amides is 1. The maximum atomic E-state index is 12.0. The Bertz CT molecular complexity index is 239. The van der Waals surface area contributed by atoms with E-state index >= 15 is 0 Å². The molecular formula is C13H27NO2. The Labute approximate surface area is 99.9 Å². The molecule has 0 aromatic rings. The van der Waals surface area contributed by atoms with Crippen LogP contribution in [0.25, 0.3) is 0 Å². The number of nitrogens with one attached hydrogen (secondary N) is 1. The molecule has 1 N–H and O–H groups in total. The molecule has 0 aromatic heterocycles. The lowest BCUT2D eigenvalue weighted by Gasteiger charge is -2.38. The maximum Gasteiger partial charge on any atom is 0.225 e. The lowest BCUT2D eigenvalue weighted by molar-refractivity contribution is -0.132. The van der Waals surface area contributed by atoms with E-state index in [1.54, 1.807) is 7.11 Å². The van der Waals surface area contributed by atoms with Crippen molar-refractivity contribution in [3.63, 3.8) is 0 Å². The highest BCUT2D eigenvalue weighted by molar-refractivity contribution is 5.81. The van der Waals surface area contributed by atoms with Crippen molar-refractivity contribution in [3.8, 4) is 0 Å². The SMILES string of the molecule is COC(C)(C)[C@H](NC(=O)C(C)(C)C)C(C)C. The zero-order valence-electron chi connectivity index (χ0n) is 12.0. The van der Waals surface area contributed by atoms with Crippen LogP contribution in [0.15, 0.2) is 0 Å². The molecule has 0 fully saturated rings. The first-order valence-electron chi connectivity index (χ1n) is 5.88. The van der Waals surface area contributed by atoms with E-state index in [0.29, 0.717) is 5.92 Å². The summed E-state index contributed by atoms with van der Waals surface area (Å²) in [5.41, 5.74) is -0.716. The third kappa shape index (κ3) is 4.12. The first kappa shape index (κ1) is 15.4. The molecule has 0 saturated heterocycles. The van der Waals surface area contributed by atoms with E-state index in [2.05, 4.69) is 19.2 Å². The number of ether oxygens (including phenoxy) is 1. The summed E-state index contributed by atoms with van der Waals surface area (Å²) in [5, 5.41) is 3.08. The molecular weight excluding hydrogens is 202 g/mol. The molecule has 0 unspecified atom stereocenters. The van der Waals surface area contributed by atoms with Gasteiger partial charge in [-0.15, -0.1) is 0 Å². The van der Waals surface area contributed by atoms with Crippen LogP contribution in [0.4, 0.5) is 0 Å². The Hall–Kier alpha value is -0.570. The average Bonchev–Trinajstić information content (AvgIpc) is 2.11. The van der Waals surface area contributed by atoms with Crippen LogP contribution in [0.1, 0.15) is 48.5 Å². The van der Waals surface area contributed by atoms with Crippen molar-refractivity contribution in [2.75, 3.05) is 7.11 Å². The van der Waals surface area contributed by atoms with E-state index < -0.39 is 0 Å². The normalized spacial score (nSPS) is 15.1. The third-order valence-electron chi connectivity index (χ3n) is 2.91. The number of rotatable bonds is 4. The summed E-state index contributed by atoms with van der Waals surface area (Å²) in [5.74, 6) is 0.401. The van der Waals surface area contributed by atoms with Gasteiger partial charge in [0.05, 0.1) is 11.6 Å². The Morgan fingerprint density at radius 2 is 1.56 bits per heavy atom. The molecule has 0 heterocycles. The minimum Gasteiger partial charge on any atom is -0.377 e. The minimum atomic E-state index is -0.364. The molecule has 0 rings (SSSR count). The van der Waals surface area contributed by atoms with Gasteiger partial charge in [0.25, 0.3) is 0 Å². The molecule has 0 aromatic carbocycles. The first-order valence-corrected chi connectivity index (χ1v) is 5.88. The van der Waals surface area contributed by atoms with Crippen LogP contribution in [-0.2, 0) is 9.53 Å². The van der Waals surface area contributed by atoms with E-state index in [-0.39, 0.29) is 23.0 Å². The first-order chi connectivity index (χ1) is 7.02. The molecule has 1 amide bonds. The highest BCUT2D eigenvalue weighted by Gasteiger charge is 2.35. The molecule has 0 saturated carbocycles. The van der Waals surface area contributed by atoms with Gasteiger partial charge in [-0.2, -0.15) is 0 Å². The molecule has 0 spiro atoms. The standard InChI is InChI=1S/C13H27NO2/c1-9(2)10(13(6,7)16-8)14-11(15)12(3,4)5/h9-10H,1-8H3,(H,14,15)/t10-/m1/s1. The molecule has 0 aliphatic carbocycles. The number of methoxy groups -OCH3 is 1. The quantitative estimate of drug-likeness (QED) is 0.804. The van der Waals surface area contributed by atoms with Gasteiger partial charge in [0.2, 0.25) is 5.91 Å². The number of hydrogen-bond acceptors (Lipinski definition) is 2. The molecule has 0 radical (unpaired) electrons. The van der Waals surface area contributed by atoms with Gasteiger partial charge in [-0.25, -0.2) is 0 Å². The fraction of sp³-hybridized carbons (Fsp3) is 0.923. The molecule has 0 bridgehead atoms. The third-order valence-corrected chi connectivity index (χ3v) is 2.91. The van der Waals surface area contributed by atoms with E-state index in [1.165, 1.54) is 0 Å². The molecule has 0 aliphatic heterocycles. The summed E-state index contributed by atoms with van der Waals surface area (Å²) in [4.78, 5) is 12.0. The molecule has 1 atom stereocenters. The van der Waals surface area contributed by atoms with E-state index in [1.807, 2.05) is 34.6 Å². The van der Waals surface area contributed by atoms with Crippen LogP contribution in [0.2, 0.25) is 0 Å². The molecule has 96 valence electrons. The summed E-state index contributed by atoms with van der Waals surface area (Å²) in [6.45, 7) is 13.9. The Morgan fingerprint density at radius 3 is 1.81 bits per heavy atom. The fourth-order valence-corrected chi connectivity index (χ4v) is 1.63. The largest absolute Gasteiger partial charge is 0.377 e. The number of carbonyl (C=O) groups is 1. The molecule has 3 heteroatoms. The molecule has 3 nitrogen and oxygen atoms in total. The zero-order valence-corrected chi connectivity index (χ0v) is 12.0. The van der Waals surface area contributed by atoms with Crippen LogP contribution in [0.3, 0.4) is 0 Å². The second kappa shape index (κ2) is 5.17. The second-order valence-corrected chi connectivity index (χ2v) is 6.25. The van der Waals surface area contributed by atoms with E-state index in [9.17, 15) is 4.79 Å². The van der Waals surface area contributed by atoms with E-state index in [0.717, 1.165) is 0 Å². The number of hydrogen-bond donors (Lipinski definition) is 1. The summed E-state index contributed by atoms with van der Waals surface area (Å²) >= 11 is 0. The van der Waals surface area contributed by atoms with Crippen molar-refractivity contribution in [1.29, 1.82) is 0 Å². The van der Waals surface area contributed by atoms with Crippen molar-refractivity contribution in [2.24, 2.45) is 11.3 Å². The monoisotopic (exact) mass is 229 g/mol. The average molecular weight is 229 g/mol. The predicted molar refractivity (Wildman–Crippen MR) is 67.3 cm³/mol. The summed E-state index contributed by atoms with van der Waals surface area (Å²) in [6, 6.07) is 0.0178. The van der Waals surface area contributed by atoms with Gasteiger partial charge in [-0.05, 0) is 19.8 Å². The van der Waals surface area contributed by atoms with Crippen LogP contribution < -0.4 is 5.32 Å². The van der Waals surface area contributed by atoms with Crippen LogP contribution in [0, 0.1) is 11.3 Å². The lowest BCUT2D eigenvalue weighted by Crippen LogP contribution is -2.55. The zero-order chi connectivity index (χ0) is 13.1. The fourth-order valence-electron chi connectivity index (χ4n) is 1.63. The molecule has 16 heavy (non-hydrogen) atoms. The highest BCUT2D eigenvalue weighted by Crippen LogP contribution is 2.22. The van der Waals surface area contributed by atoms with Gasteiger partial charge >= 0.3 is 0 Å². The van der Waals surface area contributed by atoms with Gasteiger partial charge in [-0.3, -0.25) is 4.79 Å². The Kier molecular flexibility index (Phi) is 4.99. The van der Waals surface area contributed by atoms with Crippen molar-refractivity contribution in [3.05, 3.63) is 0 Å². The summed E-state index contributed by atoms with van der Waals surface area (Å²) < 4.78 is 5.46. The van der Waals surface area contributed by atoms with Crippen molar-refractivity contribution in [2.45, 2.75) is 60.1 Å². The van der Waals surface area contributed by atoms with Crippen molar-refractivity contribution in [1.82, 2.24) is 5.32 Å².